The fraction of sp³-hybridized carbons (Fsp3) is 0. The van der Waals surface area contributed by atoms with Crippen LogP contribution >= 0.6 is 0 Å². The minimum absolute atomic E-state index is 0.264. The number of hydrogen-bond acceptors (Lipinski definition) is 3. The van der Waals surface area contributed by atoms with E-state index in [1.54, 1.807) is 0 Å². The Bertz CT molecular complexity index is 118. The van der Waals surface area contributed by atoms with Gasteiger partial charge in [-0.1, -0.05) is 6.58 Å². The van der Waals surface area contributed by atoms with Crippen LogP contribution < -0.4 is 11.2 Å². The van der Waals surface area contributed by atoms with Gasteiger partial charge in [0.25, 0.3) is 0 Å². The summed E-state index contributed by atoms with van der Waals surface area (Å²) in [6.45, 7) is 3.32. The van der Waals surface area contributed by atoms with Crippen molar-refractivity contribution in [3.63, 3.8) is 0 Å². The molecule has 0 unspecified atom stereocenters. The number of nitrogens with two attached hydrogens (primary N) is 1. The molecule has 4 heteroatoms. The van der Waals surface area contributed by atoms with E-state index < -0.39 is 0 Å². The van der Waals surface area contributed by atoms with Crippen LogP contribution in [0.1, 0.15) is 0 Å². The molecule has 0 rings (SSSR count). The van der Waals surface area contributed by atoms with Crippen molar-refractivity contribution in [1.82, 2.24) is 5.32 Å². The number of nitrogens with one attached hydrogen (secondary N) is 1. The maximum Gasteiger partial charge on any atom is 0.212 e. The molecule has 0 saturated heterocycles. The van der Waals surface area contributed by atoms with Crippen molar-refractivity contribution < 1.29 is 4.79 Å². The normalized spacial score (nSPS) is 10.2. The molecule has 0 spiro atoms. The number of amidine groups is 1. The van der Waals surface area contributed by atoms with Crippen LogP contribution in [0.25, 0.3) is 0 Å². The average molecular weight is 113 g/mol. The molecule has 0 saturated carbocycles. The Kier molecular flexibility index (Phi) is 3.22. The van der Waals surface area contributed by atoms with Gasteiger partial charge in [0, 0.05) is 0 Å². The molecule has 0 atom stereocenters. The molecule has 44 valence electrons. The van der Waals surface area contributed by atoms with E-state index in [0.717, 1.165) is 0 Å². The molecule has 0 heterocycles. The smallest absolute Gasteiger partial charge is 0.212 e. The van der Waals surface area contributed by atoms with Crippen molar-refractivity contribution in [3.8, 4) is 0 Å². The lowest BCUT2D eigenvalue weighted by atomic mass is 10.6. The molecule has 0 fully saturated rings. The molecule has 1 amide bonds. The third-order valence-corrected chi connectivity index (χ3v) is 0.539. The van der Waals surface area contributed by atoms with E-state index in [-0.39, 0.29) is 5.84 Å². The topological polar surface area (TPSA) is 67.5 Å². The fourth-order valence-corrected chi connectivity index (χ4v) is 0.209. The lowest BCUT2D eigenvalue weighted by molar-refractivity contribution is -0.108. The lowest BCUT2D eigenvalue weighted by Gasteiger charge is -1.90. The third kappa shape index (κ3) is 1.96. The second-order valence-electron chi connectivity index (χ2n) is 0.981. The summed E-state index contributed by atoms with van der Waals surface area (Å²) in [7, 11) is 0. The summed E-state index contributed by atoms with van der Waals surface area (Å²) in [5.74, 6) is 5.03. The number of carbonyl (C=O) groups is 1. The Hall–Kier alpha value is -1.32. The SMILES string of the molecule is C=CC(=NN)NC=O. The Labute approximate surface area is 47.1 Å². The summed E-state index contributed by atoms with van der Waals surface area (Å²) in [6.07, 6.45) is 1.82. The Balaban J connectivity index is 3.71. The van der Waals surface area contributed by atoms with Gasteiger partial charge in [-0.05, 0) is 6.08 Å². The van der Waals surface area contributed by atoms with Gasteiger partial charge in [-0.2, -0.15) is 5.10 Å². The molecule has 3 N–H and O–H groups in total. The molecular weight excluding hydrogens is 106 g/mol. The summed E-state index contributed by atoms with van der Waals surface area (Å²) in [4.78, 5) is 9.64. The average Bonchev–Trinajstić information content (AvgIpc) is 1.83. The summed E-state index contributed by atoms with van der Waals surface area (Å²) in [5.41, 5.74) is 0. The van der Waals surface area contributed by atoms with E-state index in [0.29, 0.717) is 6.41 Å². The molecule has 0 aliphatic heterocycles. The van der Waals surface area contributed by atoms with Crippen molar-refractivity contribution in [3.05, 3.63) is 12.7 Å². The van der Waals surface area contributed by atoms with E-state index in [4.69, 9.17) is 5.84 Å². The summed E-state index contributed by atoms with van der Waals surface area (Å²) in [5, 5.41) is 5.36. The quantitative estimate of drug-likeness (QED) is 0.162. The van der Waals surface area contributed by atoms with Gasteiger partial charge in [0.15, 0.2) is 5.84 Å². The highest BCUT2D eigenvalue weighted by atomic mass is 16.1. The zero-order chi connectivity index (χ0) is 6.41. The lowest BCUT2D eigenvalue weighted by Crippen LogP contribution is -2.20. The summed E-state index contributed by atoms with van der Waals surface area (Å²) in [6, 6.07) is 0. The highest BCUT2D eigenvalue weighted by Gasteiger charge is 1.83. The Morgan fingerprint density at radius 1 is 1.88 bits per heavy atom. The molecule has 0 radical (unpaired) electrons. The van der Waals surface area contributed by atoms with Gasteiger partial charge in [-0.3, -0.25) is 4.79 Å². The predicted octanol–water partition coefficient (Wildman–Crippen LogP) is -0.809. The second kappa shape index (κ2) is 3.86. The van der Waals surface area contributed by atoms with Crippen molar-refractivity contribution in [2.45, 2.75) is 0 Å². The summed E-state index contributed by atoms with van der Waals surface area (Å²) >= 11 is 0. The zero-order valence-corrected chi connectivity index (χ0v) is 4.29. The number of carbonyl (C=O) groups excluding carboxylic acids is 1. The van der Waals surface area contributed by atoms with Crippen LogP contribution in [0.5, 0.6) is 0 Å². The Morgan fingerprint density at radius 3 is 2.62 bits per heavy atom. The van der Waals surface area contributed by atoms with Crippen molar-refractivity contribution >= 4 is 12.2 Å². The number of hydrazone groups is 1. The highest BCUT2D eigenvalue weighted by molar-refractivity contribution is 5.98. The standard InChI is InChI=1S/C4H7N3O/c1-2-4(7-5)6-3-8/h2-3H,1,5H2,(H,6,7,8). The van der Waals surface area contributed by atoms with Gasteiger partial charge in [-0.15, -0.1) is 0 Å². The zero-order valence-electron chi connectivity index (χ0n) is 4.29. The molecular formula is C4H7N3O. The van der Waals surface area contributed by atoms with Crippen LogP contribution in [0, 0.1) is 0 Å². The minimum atomic E-state index is 0.264. The number of amides is 1. The molecule has 0 aliphatic carbocycles. The van der Waals surface area contributed by atoms with E-state index in [1.807, 2.05) is 0 Å². The van der Waals surface area contributed by atoms with Crippen LogP contribution in [-0.2, 0) is 4.79 Å². The van der Waals surface area contributed by atoms with Crippen LogP contribution in [0.15, 0.2) is 17.8 Å². The first kappa shape index (κ1) is 6.68. The van der Waals surface area contributed by atoms with E-state index in [2.05, 4.69) is 17.0 Å². The molecule has 0 aromatic rings. The van der Waals surface area contributed by atoms with Crippen molar-refractivity contribution in [2.75, 3.05) is 0 Å². The molecule has 0 aromatic heterocycles. The van der Waals surface area contributed by atoms with Crippen LogP contribution in [-0.4, -0.2) is 12.2 Å². The van der Waals surface area contributed by atoms with Gasteiger partial charge in [0.1, 0.15) is 0 Å². The maximum atomic E-state index is 9.64. The first-order chi connectivity index (χ1) is 3.85. The Morgan fingerprint density at radius 2 is 2.50 bits per heavy atom. The van der Waals surface area contributed by atoms with Crippen molar-refractivity contribution in [1.29, 1.82) is 0 Å². The third-order valence-electron chi connectivity index (χ3n) is 0.539. The number of nitrogens with zero attached hydrogens (tertiary/aromatic N) is 1. The van der Waals surface area contributed by atoms with Gasteiger partial charge in [-0.25, -0.2) is 0 Å². The largest absolute Gasteiger partial charge is 0.321 e. The van der Waals surface area contributed by atoms with Crippen molar-refractivity contribution in [2.24, 2.45) is 10.9 Å². The van der Waals surface area contributed by atoms with Gasteiger partial charge in [0.05, 0.1) is 0 Å². The molecule has 8 heavy (non-hydrogen) atoms. The van der Waals surface area contributed by atoms with Crippen LogP contribution in [0.4, 0.5) is 0 Å². The number of hydrogen-bond donors (Lipinski definition) is 2. The van der Waals surface area contributed by atoms with Crippen LogP contribution in [0.3, 0.4) is 0 Å². The maximum absolute atomic E-state index is 9.64. The van der Waals surface area contributed by atoms with Crippen LogP contribution in [0.2, 0.25) is 0 Å². The van der Waals surface area contributed by atoms with E-state index in [9.17, 15) is 4.79 Å². The minimum Gasteiger partial charge on any atom is -0.321 e. The van der Waals surface area contributed by atoms with Gasteiger partial charge in [0.2, 0.25) is 6.41 Å². The molecule has 4 nitrogen and oxygen atoms in total. The first-order valence-corrected chi connectivity index (χ1v) is 1.95. The van der Waals surface area contributed by atoms with Gasteiger partial charge < -0.3 is 11.2 Å². The number of rotatable bonds is 2. The molecule has 0 bridgehead atoms. The molecule has 0 aromatic carbocycles. The highest BCUT2D eigenvalue weighted by Crippen LogP contribution is 1.64. The van der Waals surface area contributed by atoms with E-state index in [1.165, 1.54) is 6.08 Å². The first-order valence-electron chi connectivity index (χ1n) is 1.95. The summed E-state index contributed by atoms with van der Waals surface area (Å²) < 4.78 is 0. The fourth-order valence-electron chi connectivity index (χ4n) is 0.209. The predicted molar refractivity (Wildman–Crippen MR) is 31.0 cm³/mol. The molecule has 0 aliphatic rings. The second-order valence-corrected chi connectivity index (χ2v) is 0.981. The van der Waals surface area contributed by atoms with Gasteiger partial charge >= 0.3 is 0 Å². The monoisotopic (exact) mass is 113 g/mol. The van der Waals surface area contributed by atoms with E-state index >= 15 is 0 Å².